The summed E-state index contributed by atoms with van der Waals surface area (Å²) < 4.78 is 0. The Morgan fingerprint density at radius 3 is 2.09 bits per heavy atom. The average molecular weight is 435 g/mol. The summed E-state index contributed by atoms with van der Waals surface area (Å²) in [5.74, 6) is 0.150. The number of rotatable bonds is 5. The summed E-state index contributed by atoms with van der Waals surface area (Å²) in [6.45, 7) is 4.21. The van der Waals surface area contributed by atoms with Crippen molar-refractivity contribution in [2.75, 3.05) is 26.2 Å². The topological polar surface area (TPSA) is 79.7 Å². The zero-order valence-corrected chi connectivity index (χ0v) is 18.8. The number of piperazine rings is 1. The van der Waals surface area contributed by atoms with Gasteiger partial charge in [0.15, 0.2) is 11.6 Å². The number of nitrogens with zero attached hydrogens (tertiary/aromatic N) is 2. The number of hydrogen-bond acceptors (Lipinski definition) is 3. The van der Waals surface area contributed by atoms with Crippen LogP contribution in [0, 0.1) is 11.3 Å². The van der Waals surface area contributed by atoms with Crippen molar-refractivity contribution in [2.24, 2.45) is 5.92 Å². The first-order chi connectivity index (χ1) is 15.5. The molecule has 1 aliphatic carbocycles. The minimum Gasteiger partial charge on any atom is -0.375 e. The molecule has 2 atom stereocenters. The van der Waals surface area contributed by atoms with Gasteiger partial charge in [-0.15, -0.1) is 0 Å². The van der Waals surface area contributed by atoms with E-state index in [-0.39, 0.29) is 17.9 Å². The molecule has 2 aliphatic rings. The van der Waals surface area contributed by atoms with E-state index in [1.54, 1.807) is 4.90 Å². The van der Waals surface area contributed by atoms with Crippen molar-refractivity contribution < 1.29 is 9.90 Å². The Kier molecular flexibility index (Phi) is 6.80. The molecule has 4 rings (SSSR count). The third-order valence-corrected chi connectivity index (χ3v) is 7.02. The zero-order valence-electron chi connectivity index (χ0n) is 18.8. The Morgan fingerprint density at radius 2 is 1.50 bits per heavy atom. The van der Waals surface area contributed by atoms with Crippen molar-refractivity contribution in [3.05, 3.63) is 71.8 Å². The van der Waals surface area contributed by atoms with Crippen molar-refractivity contribution in [1.29, 1.82) is 5.41 Å². The number of nitrogens with one attached hydrogen (secondary N) is 2. The van der Waals surface area contributed by atoms with Crippen LogP contribution in [-0.4, -0.2) is 53.0 Å². The van der Waals surface area contributed by atoms with Crippen LogP contribution in [0.25, 0.3) is 0 Å². The first-order valence-electron chi connectivity index (χ1n) is 11.7. The zero-order chi connectivity index (χ0) is 22.6. The maximum Gasteiger partial charge on any atom is 0.259 e. The molecule has 6 nitrogen and oxygen atoms in total. The summed E-state index contributed by atoms with van der Waals surface area (Å²) in [4.78, 5) is 17.4. The van der Waals surface area contributed by atoms with Crippen LogP contribution in [0.2, 0.25) is 0 Å². The highest BCUT2D eigenvalue weighted by Crippen LogP contribution is 2.42. The Labute approximate surface area is 190 Å². The van der Waals surface area contributed by atoms with E-state index in [1.807, 2.05) is 60.4 Å². The second kappa shape index (κ2) is 9.74. The van der Waals surface area contributed by atoms with Crippen molar-refractivity contribution in [2.45, 2.75) is 44.2 Å². The third-order valence-electron chi connectivity index (χ3n) is 7.02. The van der Waals surface area contributed by atoms with Crippen molar-refractivity contribution in [3.63, 3.8) is 0 Å². The lowest BCUT2D eigenvalue weighted by Gasteiger charge is -2.42. The highest BCUT2D eigenvalue weighted by molar-refractivity contribution is 5.87. The van der Waals surface area contributed by atoms with Gasteiger partial charge in [-0.1, -0.05) is 73.5 Å². The van der Waals surface area contributed by atoms with Gasteiger partial charge in [0.2, 0.25) is 0 Å². The minimum atomic E-state index is -1.46. The van der Waals surface area contributed by atoms with Gasteiger partial charge in [0.25, 0.3) is 5.91 Å². The Morgan fingerprint density at radius 1 is 0.969 bits per heavy atom. The fourth-order valence-electron chi connectivity index (χ4n) is 5.07. The van der Waals surface area contributed by atoms with Gasteiger partial charge in [-0.2, -0.15) is 0 Å². The van der Waals surface area contributed by atoms with Gasteiger partial charge in [0.05, 0.1) is 6.04 Å². The fraction of sp³-hybridized carbons (Fsp3) is 0.462. The van der Waals surface area contributed by atoms with Crippen LogP contribution in [0.3, 0.4) is 0 Å². The highest BCUT2D eigenvalue weighted by atomic mass is 16.3. The first kappa shape index (κ1) is 22.3. The summed E-state index contributed by atoms with van der Waals surface area (Å²) in [5.41, 5.74) is 0.369. The highest BCUT2D eigenvalue weighted by Gasteiger charge is 2.48. The molecule has 1 saturated carbocycles. The summed E-state index contributed by atoms with van der Waals surface area (Å²) in [7, 11) is 0. The van der Waals surface area contributed by atoms with Crippen LogP contribution in [0.1, 0.15) is 49.8 Å². The molecule has 1 unspecified atom stereocenters. The first-order valence-corrected chi connectivity index (χ1v) is 11.7. The Hall–Kier alpha value is -2.86. The van der Waals surface area contributed by atoms with E-state index in [4.69, 9.17) is 5.41 Å². The molecule has 1 saturated heterocycles. The number of benzene rings is 2. The lowest BCUT2D eigenvalue weighted by atomic mass is 9.79. The van der Waals surface area contributed by atoms with Gasteiger partial charge in [-0.25, -0.2) is 0 Å². The minimum absolute atomic E-state index is 0.0360. The van der Waals surface area contributed by atoms with E-state index >= 15 is 0 Å². The third kappa shape index (κ3) is 4.51. The molecule has 170 valence electrons. The predicted molar refractivity (Wildman–Crippen MR) is 126 cm³/mol. The molecule has 2 aromatic rings. The van der Waals surface area contributed by atoms with Gasteiger partial charge in [0.1, 0.15) is 0 Å². The summed E-state index contributed by atoms with van der Waals surface area (Å²) >= 11 is 0. The van der Waals surface area contributed by atoms with Gasteiger partial charge < -0.3 is 20.2 Å². The molecule has 6 heteroatoms. The maximum absolute atomic E-state index is 13.6. The fourth-order valence-corrected chi connectivity index (χ4v) is 5.07. The number of guanidine groups is 1. The van der Waals surface area contributed by atoms with Crippen molar-refractivity contribution >= 4 is 11.9 Å². The lowest BCUT2D eigenvalue weighted by molar-refractivity contribution is -0.160. The van der Waals surface area contributed by atoms with Crippen LogP contribution in [0.15, 0.2) is 60.7 Å². The van der Waals surface area contributed by atoms with E-state index < -0.39 is 5.60 Å². The number of carbonyl (C=O) groups is 1. The molecule has 1 heterocycles. The second-order valence-corrected chi connectivity index (χ2v) is 9.02. The number of aliphatic hydroxyl groups is 1. The van der Waals surface area contributed by atoms with Crippen LogP contribution in [0.5, 0.6) is 0 Å². The van der Waals surface area contributed by atoms with E-state index in [0.29, 0.717) is 37.7 Å². The van der Waals surface area contributed by atoms with E-state index in [1.165, 1.54) is 0 Å². The smallest absolute Gasteiger partial charge is 0.259 e. The molecule has 0 radical (unpaired) electrons. The largest absolute Gasteiger partial charge is 0.375 e. The molecule has 32 heavy (non-hydrogen) atoms. The second-order valence-electron chi connectivity index (χ2n) is 9.02. The summed E-state index contributed by atoms with van der Waals surface area (Å²) in [6.07, 6.45) is 3.87. The van der Waals surface area contributed by atoms with E-state index in [2.05, 4.69) is 17.4 Å². The number of carbonyl (C=O) groups excluding carboxylic acids is 1. The molecule has 2 fully saturated rings. The quantitative estimate of drug-likeness (QED) is 0.497. The molecule has 2 aromatic carbocycles. The monoisotopic (exact) mass is 434 g/mol. The standard InChI is InChI=1S/C26H34N4O2/c1-20(21-10-4-2-5-11-21)28-25(27)30-18-16-29(17-19-30)24(31)26(32,23-14-8-9-15-23)22-12-6-3-7-13-22/h2-7,10-13,20,23,32H,8-9,14-19H2,1H3,(H2,27,28)/t20-,26?/m1/s1. The molecule has 3 N–H and O–H groups in total. The summed E-state index contributed by atoms with van der Waals surface area (Å²) in [6, 6.07) is 19.6. The molecule has 1 amide bonds. The lowest BCUT2D eigenvalue weighted by Crippen LogP contribution is -2.58. The van der Waals surface area contributed by atoms with Gasteiger partial charge in [0, 0.05) is 32.1 Å². The maximum atomic E-state index is 13.6. The number of hydrogen-bond donors (Lipinski definition) is 3. The molecule has 0 bridgehead atoms. The SMILES string of the molecule is C[C@@H](NC(=N)N1CCN(C(=O)C(O)(c2ccccc2)C2CCCC2)CC1)c1ccccc1. The molecule has 0 aromatic heterocycles. The van der Waals surface area contributed by atoms with Crippen LogP contribution < -0.4 is 5.32 Å². The molecule has 1 aliphatic heterocycles. The summed E-state index contributed by atoms with van der Waals surface area (Å²) in [5, 5.41) is 23.5. The van der Waals surface area contributed by atoms with Gasteiger partial charge in [-0.05, 0) is 30.9 Å². The average Bonchev–Trinajstić information content (AvgIpc) is 3.40. The van der Waals surface area contributed by atoms with Gasteiger partial charge >= 0.3 is 0 Å². The van der Waals surface area contributed by atoms with E-state index in [0.717, 1.165) is 31.2 Å². The predicted octanol–water partition coefficient (Wildman–Crippen LogP) is 3.49. The Balaban J connectivity index is 1.40. The van der Waals surface area contributed by atoms with Gasteiger partial charge in [-0.3, -0.25) is 10.2 Å². The van der Waals surface area contributed by atoms with Crippen molar-refractivity contribution in [3.8, 4) is 0 Å². The van der Waals surface area contributed by atoms with Crippen molar-refractivity contribution in [1.82, 2.24) is 15.1 Å². The molecular formula is C26H34N4O2. The number of amides is 1. The Bertz CT molecular complexity index is 906. The van der Waals surface area contributed by atoms with E-state index in [9.17, 15) is 9.90 Å². The van der Waals surface area contributed by atoms with Crippen LogP contribution in [0.4, 0.5) is 0 Å². The molecular weight excluding hydrogens is 400 g/mol. The normalized spacial score (nSPS) is 19.9. The molecule has 0 spiro atoms. The van der Waals surface area contributed by atoms with Crippen LogP contribution >= 0.6 is 0 Å². The van der Waals surface area contributed by atoms with Crippen LogP contribution in [-0.2, 0) is 10.4 Å².